The van der Waals surface area contributed by atoms with Crippen molar-refractivity contribution in [2.75, 3.05) is 24.3 Å². The van der Waals surface area contributed by atoms with E-state index in [1.165, 1.54) is 6.07 Å². The molecule has 0 bridgehead atoms. The van der Waals surface area contributed by atoms with Gasteiger partial charge in [0.1, 0.15) is 11.6 Å². The Morgan fingerprint density at radius 1 is 1.00 bits per heavy atom. The van der Waals surface area contributed by atoms with Crippen molar-refractivity contribution < 1.29 is 13.5 Å². The molecule has 0 saturated carbocycles. The molecule has 3 rings (SSSR count). The monoisotopic (exact) mass is 356 g/mol. The predicted octanol–water partition coefficient (Wildman–Crippen LogP) is 4.16. The van der Waals surface area contributed by atoms with Crippen molar-refractivity contribution in [3.05, 3.63) is 71.9 Å². The highest BCUT2D eigenvalue weighted by Gasteiger charge is 2.04. The molecule has 0 unspecified atom stereocenters. The van der Waals surface area contributed by atoms with Crippen LogP contribution in [-0.4, -0.2) is 23.6 Å². The zero-order valence-electron chi connectivity index (χ0n) is 14.2. The number of rotatable bonds is 7. The van der Waals surface area contributed by atoms with Gasteiger partial charge in [0, 0.05) is 24.5 Å². The van der Waals surface area contributed by atoms with E-state index in [9.17, 15) is 8.78 Å². The molecule has 0 radical (unpaired) electrons. The Balaban J connectivity index is 1.57. The zero-order valence-corrected chi connectivity index (χ0v) is 14.2. The van der Waals surface area contributed by atoms with E-state index in [0.717, 1.165) is 29.9 Å². The number of hydrogen-bond donors (Lipinski definition) is 2. The molecular weight excluding hydrogens is 338 g/mol. The van der Waals surface area contributed by atoms with Crippen LogP contribution in [0.5, 0.6) is 5.75 Å². The van der Waals surface area contributed by atoms with Gasteiger partial charge in [0.15, 0.2) is 11.6 Å². The third kappa shape index (κ3) is 4.66. The normalized spacial score (nSPS) is 10.4. The summed E-state index contributed by atoms with van der Waals surface area (Å²) in [4.78, 5) is 8.46. The Kier molecular flexibility index (Phi) is 5.58. The summed E-state index contributed by atoms with van der Waals surface area (Å²) in [5.41, 5.74) is 1.57. The minimum absolute atomic E-state index is 0.409. The number of hydrogen-bond acceptors (Lipinski definition) is 5. The first-order chi connectivity index (χ1) is 12.6. The molecule has 0 aliphatic carbocycles. The topological polar surface area (TPSA) is 59.1 Å². The second-order valence-corrected chi connectivity index (χ2v) is 5.54. The Morgan fingerprint density at radius 3 is 2.54 bits per heavy atom. The van der Waals surface area contributed by atoms with Crippen LogP contribution >= 0.6 is 0 Å². The third-order valence-corrected chi connectivity index (χ3v) is 3.70. The molecule has 5 nitrogen and oxygen atoms in total. The van der Waals surface area contributed by atoms with Crippen LogP contribution in [0.15, 0.2) is 54.7 Å². The number of nitrogens with one attached hydrogen (secondary N) is 2. The molecule has 0 aliphatic heterocycles. The lowest BCUT2D eigenvalue weighted by Crippen LogP contribution is -2.08. The van der Waals surface area contributed by atoms with E-state index in [1.807, 2.05) is 24.3 Å². The van der Waals surface area contributed by atoms with Crippen molar-refractivity contribution >= 4 is 17.5 Å². The number of aromatic nitrogens is 2. The van der Waals surface area contributed by atoms with Crippen LogP contribution in [0.1, 0.15) is 5.56 Å². The summed E-state index contributed by atoms with van der Waals surface area (Å²) in [6.07, 6.45) is 2.39. The SMILES string of the molecule is COc1ccc(CCNc2nccc(Nc3ccc(F)c(F)c3)n2)cc1. The van der Waals surface area contributed by atoms with Crippen LogP contribution in [0, 0.1) is 11.6 Å². The second-order valence-electron chi connectivity index (χ2n) is 5.54. The number of nitrogens with zero attached hydrogens (tertiary/aromatic N) is 2. The number of methoxy groups -OCH3 is 1. The van der Waals surface area contributed by atoms with Gasteiger partial charge in [0.05, 0.1) is 7.11 Å². The minimum Gasteiger partial charge on any atom is -0.497 e. The fourth-order valence-electron chi connectivity index (χ4n) is 2.35. The van der Waals surface area contributed by atoms with E-state index in [4.69, 9.17) is 4.74 Å². The highest BCUT2D eigenvalue weighted by molar-refractivity contribution is 5.56. The van der Waals surface area contributed by atoms with Gasteiger partial charge in [0.25, 0.3) is 0 Å². The van der Waals surface area contributed by atoms with Gasteiger partial charge >= 0.3 is 0 Å². The van der Waals surface area contributed by atoms with Gasteiger partial charge in [-0.25, -0.2) is 13.8 Å². The van der Waals surface area contributed by atoms with Crippen molar-refractivity contribution in [2.45, 2.75) is 6.42 Å². The Labute approximate surface area is 150 Å². The molecule has 0 spiro atoms. The fraction of sp³-hybridized carbons (Fsp3) is 0.158. The maximum atomic E-state index is 13.3. The molecule has 0 saturated heterocycles. The lowest BCUT2D eigenvalue weighted by Gasteiger charge is -2.09. The van der Waals surface area contributed by atoms with Crippen molar-refractivity contribution in [1.82, 2.24) is 9.97 Å². The zero-order chi connectivity index (χ0) is 18.4. The Morgan fingerprint density at radius 2 is 1.81 bits per heavy atom. The highest BCUT2D eigenvalue weighted by Crippen LogP contribution is 2.18. The molecule has 134 valence electrons. The number of halogens is 2. The third-order valence-electron chi connectivity index (χ3n) is 3.70. The van der Waals surface area contributed by atoms with E-state index >= 15 is 0 Å². The molecule has 0 fully saturated rings. The molecule has 26 heavy (non-hydrogen) atoms. The van der Waals surface area contributed by atoms with Crippen LogP contribution in [0.25, 0.3) is 0 Å². The lowest BCUT2D eigenvalue weighted by molar-refractivity contribution is 0.414. The highest BCUT2D eigenvalue weighted by atomic mass is 19.2. The van der Waals surface area contributed by atoms with Gasteiger partial charge in [-0.3, -0.25) is 0 Å². The fourth-order valence-corrected chi connectivity index (χ4v) is 2.35. The average molecular weight is 356 g/mol. The molecule has 0 amide bonds. The minimum atomic E-state index is -0.915. The summed E-state index contributed by atoms with van der Waals surface area (Å²) in [6, 6.07) is 13.1. The van der Waals surface area contributed by atoms with Crippen LogP contribution < -0.4 is 15.4 Å². The first-order valence-corrected chi connectivity index (χ1v) is 8.06. The van der Waals surface area contributed by atoms with E-state index in [1.54, 1.807) is 19.4 Å². The van der Waals surface area contributed by atoms with Crippen molar-refractivity contribution in [2.24, 2.45) is 0 Å². The summed E-state index contributed by atoms with van der Waals surface area (Å²) in [7, 11) is 1.63. The molecule has 3 aromatic rings. The number of ether oxygens (including phenoxy) is 1. The molecule has 2 aromatic carbocycles. The van der Waals surface area contributed by atoms with E-state index in [-0.39, 0.29) is 0 Å². The van der Waals surface area contributed by atoms with Gasteiger partial charge in [-0.2, -0.15) is 4.98 Å². The molecule has 0 atom stereocenters. The Bertz CT molecular complexity index is 872. The molecule has 2 N–H and O–H groups in total. The van der Waals surface area contributed by atoms with Crippen LogP contribution in [-0.2, 0) is 6.42 Å². The largest absolute Gasteiger partial charge is 0.497 e. The van der Waals surface area contributed by atoms with Gasteiger partial charge in [-0.1, -0.05) is 12.1 Å². The van der Waals surface area contributed by atoms with Gasteiger partial charge in [0.2, 0.25) is 5.95 Å². The van der Waals surface area contributed by atoms with Gasteiger partial charge in [-0.05, 0) is 42.3 Å². The summed E-state index contributed by atoms with van der Waals surface area (Å²) in [5, 5.41) is 6.06. The van der Waals surface area contributed by atoms with Crippen molar-refractivity contribution in [3.63, 3.8) is 0 Å². The predicted molar refractivity (Wildman–Crippen MR) is 96.9 cm³/mol. The molecule has 1 heterocycles. The van der Waals surface area contributed by atoms with Crippen molar-refractivity contribution in [3.8, 4) is 5.75 Å². The standard InChI is InChI=1S/C19H18F2N4O/c1-26-15-5-2-13(3-6-15)8-10-22-19-23-11-9-18(25-19)24-14-4-7-16(20)17(21)12-14/h2-7,9,11-12H,8,10H2,1H3,(H2,22,23,24,25). The van der Waals surface area contributed by atoms with E-state index in [0.29, 0.717) is 24.0 Å². The first-order valence-electron chi connectivity index (χ1n) is 8.06. The van der Waals surface area contributed by atoms with E-state index in [2.05, 4.69) is 20.6 Å². The summed E-state index contributed by atoms with van der Waals surface area (Å²) >= 11 is 0. The van der Waals surface area contributed by atoms with Crippen LogP contribution in [0.2, 0.25) is 0 Å². The number of benzene rings is 2. The first kappa shape index (κ1) is 17.6. The summed E-state index contributed by atoms with van der Waals surface area (Å²) in [6.45, 7) is 0.654. The molecule has 1 aromatic heterocycles. The molecule has 7 heteroatoms. The second kappa shape index (κ2) is 8.24. The van der Waals surface area contributed by atoms with Crippen molar-refractivity contribution in [1.29, 1.82) is 0 Å². The molecule has 0 aliphatic rings. The summed E-state index contributed by atoms with van der Waals surface area (Å²) in [5.74, 6) is -0.0499. The van der Waals surface area contributed by atoms with Crippen LogP contribution in [0.4, 0.5) is 26.2 Å². The van der Waals surface area contributed by atoms with Gasteiger partial charge in [-0.15, -0.1) is 0 Å². The average Bonchev–Trinajstić information content (AvgIpc) is 2.66. The maximum absolute atomic E-state index is 13.3. The lowest BCUT2D eigenvalue weighted by atomic mass is 10.1. The maximum Gasteiger partial charge on any atom is 0.224 e. The van der Waals surface area contributed by atoms with Crippen LogP contribution in [0.3, 0.4) is 0 Å². The number of anilines is 3. The smallest absolute Gasteiger partial charge is 0.224 e. The molecular formula is C19H18F2N4O. The summed E-state index contributed by atoms with van der Waals surface area (Å²) < 4.78 is 31.4. The van der Waals surface area contributed by atoms with Gasteiger partial charge < -0.3 is 15.4 Å². The quantitative estimate of drug-likeness (QED) is 0.666. The van der Waals surface area contributed by atoms with E-state index < -0.39 is 11.6 Å². The Hall–Kier alpha value is -3.22.